The Bertz CT molecular complexity index is 730. The zero-order chi connectivity index (χ0) is 16.9. The summed E-state index contributed by atoms with van der Waals surface area (Å²) in [7, 11) is 1.67. The summed E-state index contributed by atoms with van der Waals surface area (Å²) >= 11 is 0. The molecule has 0 bridgehead atoms. The molecule has 1 aliphatic rings. The minimum absolute atomic E-state index is 0.00101. The van der Waals surface area contributed by atoms with Gasteiger partial charge in [0.05, 0.1) is 11.1 Å². The second-order valence-corrected chi connectivity index (χ2v) is 6.15. The van der Waals surface area contributed by atoms with Crippen molar-refractivity contribution in [2.75, 3.05) is 33.4 Å². The van der Waals surface area contributed by atoms with Crippen molar-refractivity contribution in [2.24, 2.45) is 0 Å². The number of pyridine rings is 1. The molecule has 2 heterocycles. The smallest absolute Gasteiger partial charge is 0.252 e. The number of nitrogens with one attached hydrogen (secondary N) is 1. The van der Waals surface area contributed by atoms with Crippen LogP contribution in [0.4, 0.5) is 0 Å². The van der Waals surface area contributed by atoms with Crippen LogP contribution in [0.1, 0.15) is 35.0 Å². The third-order valence-electron chi connectivity index (χ3n) is 4.61. The first kappa shape index (κ1) is 16.9. The van der Waals surface area contributed by atoms with E-state index in [0.29, 0.717) is 13.2 Å². The topological polar surface area (TPSA) is 54.5 Å². The van der Waals surface area contributed by atoms with E-state index in [9.17, 15) is 4.79 Å². The maximum atomic E-state index is 12.9. The molecule has 0 spiro atoms. The fourth-order valence-electron chi connectivity index (χ4n) is 3.28. The van der Waals surface area contributed by atoms with Gasteiger partial charge in [-0.1, -0.05) is 25.1 Å². The van der Waals surface area contributed by atoms with Crippen molar-refractivity contribution in [3.05, 3.63) is 41.1 Å². The van der Waals surface area contributed by atoms with Crippen LogP contribution in [-0.4, -0.2) is 49.1 Å². The molecule has 0 atom stereocenters. The molecule has 3 rings (SSSR count). The van der Waals surface area contributed by atoms with Gasteiger partial charge in [-0.05, 0) is 19.0 Å². The number of methoxy groups -OCH3 is 1. The van der Waals surface area contributed by atoms with Gasteiger partial charge in [-0.15, -0.1) is 0 Å². The molecule has 24 heavy (non-hydrogen) atoms. The van der Waals surface area contributed by atoms with E-state index in [4.69, 9.17) is 9.72 Å². The van der Waals surface area contributed by atoms with Crippen LogP contribution in [0.2, 0.25) is 0 Å². The van der Waals surface area contributed by atoms with Crippen LogP contribution < -0.4 is 5.32 Å². The second-order valence-electron chi connectivity index (χ2n) is 6.15. The first-order valence-corrected chi connectivity index (χ1v) is 8.64. The molecule has 0 radical (unpaired) electrons. The van der Waals surface area contributed by atoms with Crippen LogP contribution in [0, 0.1) is 0 Å². The van der Waals surface area contributed by atoms with Crippen molar-refractivity contribution >= 4 is 16.8 Å². The lowest BCUT2D eigenvalue weighted by atomic mass is 9.95. The molecule has 1 N–H and O–H groups in total. The monoisotopic (exact) mass is 327 g/mol. The van der Waals surface area contributed by atoms with Gasteiger partial charge in [0.2, 0.25) is 0 Å². The predicted octanol–water partition coefficient (Wildman–Crippen LogP) is 2.38. The van der Waals surface area contributed by atoms with E-state index >= 15 is 0 Å². The number of rotatable bonds is 6. The van der Waals surface area contributed by atoms with Gasteiger partial charge in [-0.2, -0.15) is 0 Å². The summed E-state index contributed by atoms with van der Waals surface area (Å²) in [5.41, 5.74) is 3.86. The van der Waals surface area contributed by atoms with Gasteiger partial charge >= 0.3 is 0 Å². The maximum Gasteiger partial charge on any atom is 0.252 e. The van der Waals surface area contributed by atoms with Crippen molar-refractivity contribution < 1.29 is 9.53 Å². The molecule has 5 nitrogen and oxygen atoms in total. The van der Waals surface area contributed by atoms with E-state index in [1.54, 1.807) is 7.11 Å². The number of hydrogen-bond donors (Lipinski definition) is 1. The molecular weight excluding hydrogens is 302 g/mol. The lowest BCUT2D eigenvalue weighted by Gasteiger charge is -2.29. The summed E-state index contributed by atoms with van der Waals surface area (Å²) in [6.07, 6.45) is 1.71. The first-order chi connectivity index (χ1) is 11.7. The molecule has 0 aliphatic carbocycles. The maximum absolute atomic E-state index is 12.9. The Morgan fingerprint density at radius 1 is 1.38 bits per heavy atom. The highest BCUT2D eigenvalue weighted by Gasteiger charge is 2.24. The van der Waals surface area contributed by atoms with Gasteiger partial charge in [0.15, 0.2) is 0 Å². The molecule has 1 amide bonds. The summed E-state index contributed by atoms with van der Waals surface area (Å²) in [6, 6.07) is 7.93. The highest BCUT2D eigenvalue weighted by molar-refractivity contribution is 6.07. The van der Waals surface area contributed by atoms with E-state index in [1.807, 2.05) is 24.3 Å². The molecule has 128 valence electrons. The minimum atomic E-state index is -0.00101. The normalized spacial score (nSPS) is 14.6. The summed E-state index contributed by atoms with van der Waals surface area (Å²) in [4.78, 5) is 20.1. The third-order valence-corrected chi connectivity index (χ3v) is 4.61. The molecular formula is C19H25N3O2. The van der Waals surface area contributed by atoms with E-state index in [2.05, 4.69) is 17.1 Å². The van der Waals surface area contributed by atoms with Crippen LogP contribution in [0.25, 0.3) is 10.9 Å². The van der Waals surface area contributed by atoms with Gasteiger partial charge in [-0.3, -0.25) is 14.7 Å². The number of aromatic nitrogens is 1. The summed E-state index contributed by atoms with van der Waals surface area (Å²) < 4.78 is 5.05. The Kier molecular flexibility index (Phi) is 5.43. The van der Waals surface area contributed by atoms with Crippen LogP contribution in [0.5, 0.6) is 0 Å². The minimum Gasteiger partial charge on any atom is -0.385 e. The summed E-state index contributed by atoms with van der Waals surface area (Å²) in [6.45, 7) is 6.22. The van der Waals surface area contributed by atoms with Crippen molar-refractivity contribution in [1.29, 1.82) is 0 Å². The Balaban J connectivity index is 1.98. The fraction of sp³-hybridized carbons (Fsp3) is 0.474. The lowest BCUT2D eigenvalue weighted by molar-refractivity contribution is 0.0947. The molecule has 0 saturated carbocycles. The number of hydrogen-bond acceptors (Lipinski definition) is 4. The van der Waals surface area contributed by atoms with Crippen molar-refractivity contribution in [3.8, 4) is 0 Å². The van der Waals surface area contributed by atoms with Gasteiger partial charge in [-0.25, -0.2) is 0 Å². The number of benzene rings is 1. The molecule has 0 fully saturated rings. The third kappa shape index (κ3) is 3.42. The van der Waals surface area contributed by atoms with E-state index < -0.39 is 0 Å². The van der Waals surface area contributed by atoms with E-state index in [1.165, 1.54) is 0 Å². The zero-order valence-electron chi connectivity index (χ0n) is 14.5. The molecule has 1 aliphatic heterocycles. The quantitative estimate of drug-likeness (QED) is 0.828. The Labute approximate surface area is 143 Å². The Hall–Kier alpha value is -1.98. The number of amides is 1. The van der Waals surface area contributed by atoms with Gasteiger partial charge < -0.3 is 10.1 Å². The highest BCUT2D eigenvalue weighted by atomic mass is 16.5. The summed E-state index contributed by atoms with van der Waals surface area (Å²) in [5.74, 6) is -0.00101. The lowest BCUT2D eigenvalue weighted by Crippen LogP contribution is -2.34. The van der Waals surface area contributed by atoms with Crippen molar-refractivity contribution in [3.63, 3.8) is 0 Å². The number of nitrogens with zero attached hydrogens (tertiary/aromatic N) is 2. The van der Waals surface area contributed by atoms with Crippen LogP contribution in [-0.2, 0) is 17.7 Å². The first-order valence-electron chi connectivity index (χ1n) is 8.64. The number of fused-ring (bicyclic) bond motifs is 2. The SMILES string of the molecule is CCN1CCc2nc3ccccc3c(C(=O)NCCCOC)c2C1. The van der Waals surface area contributed by atoms with E-state index in [-0.39, 0.29) is 5.91 Å². The largest absolute Gasteiger partial charge is 0.385 e. The van der Waals surface area contributed by atoms with Gasteiger partial charge in [0.25, 0.3) is 5.91 Å². The molecule has 0 unspecified atom stereocenters. The highest BCUT2D eigenvalue weighted by Crippen LogP contribution is 2.28. The number of likely N-dealkylation sites (N-methyl/N-ethyl adjacent to an activating group) is 1. The molecule has 0 saturated heterocycles. The number of carbonyl (C=O) groups excluding carboxylic acids is 1. The average Bonchev–Trinajstić information content (AvgIpc) is 2.62. The zero-order valence-corrected chi connectivity index (χ0v) is 14.5. The fourth-order valence-corrected chi connectivity index (χ4v) is 3.28. The van der Waals surface area contributed by atoms with Crippen LogP contribution in [0.3, 0.4) is 0 Å². The number of para-hydroxylation sites is 1. The van der Waals surface area contributed by atoms with Crippen molar-refractivity contribution in [2.45, 2.75) is 26.3 Å². The number of ether oxygens (including phenoxy) is 1. The molecule has 1 aromatic heterocycles. The van der Waals surface area contributed by atoms with Gasteiger partial charge in [0.1, 0.15) is 0 Å². The molecule has 2 aromatic rings. The average molecular weight is 327 g/mol. The van der Waals surface area contributed by atoms with Gasteiger partial charge in [0, 0.05) is 56.4 Å². The standard InChI is InChI=1S/C19H25N3O2/c1-3-22-11-9-17-15(13-22)18(19(23)20-10-6-12-24-2)14-7-4-5-8-16(14)21-17/h4-5,7-8H,3,6,9-13H2,1-2H3,(H,20,23). The Morgan fingerprint density at radius 3 is 3.00 bits per heavy atom. The summed E-state index contributed by atoms with van der Waals surface area (Å²) in [5, 5.41) is 3.99. The molecule has 5 heteroatoms. The number of carbonyl (C=O) groups is 1. The molecule has 1 aromatic carbocycles. The van der Waals surface area contributed by atoms with Crippen LogP contribution >= 0.6 is 0 Å². The van der Waals surface area contributed by atoms with Crippen LogP contribution in [0.15, 0.2) is 24.3 Å². The van der Waals surface area contributed by atoms with E-state index in [0.717, 1.165) is 60.2 Å². The second kappa shape index (κ2) is 7.73. The Morgan fingerprint density at radius 2 is 2.21 bits per heavy atom. The predicted molar refractivity (Wildman–Crippen MR) is 95.2 cm³/mol. The van der Waals surface area contributed by atoms with Crippen molar-refractivity contribution in [1.82, 2.24) is 15.2 Å².